The molecule has 0 bridgehead atoms. The van der Waals surface area contributed by atoms with Crippen LogP contribution in [0, 0.1) is 46.3 Å². The molecule has 0 heterocycles. The number of hydrogen-bond donors (Lipinski definition) is 0. The van der Waals surface area contributed by atoms with E-state index in [0.717, 1.165) is 49.9 Å². The number of ether oxygens (including phenoxy) is 2. The fourth-order valence-electron chi connectivity index (χ4n) is 13.3. The standard InChI is InChI=1S/C53H74O4Si/c1-9-20-40(50(54)55-10-2)35-49(56-37-39-21-14-11-15-22-39)38(3)46-29-30-47-45-28-27-41-36-42(31-33-52(41,7)48(45)32-34-53(46,47)8)57-58(51(4,5)6,43-23-16-12-17-24-43)44-25-18-13-19-26-44/h11-19,21-27,38,40,42,45-49H,9-10,20,28-37H2,1-8H3/t38-,40-,42-,45-,46+,47-,48-,49+,52-,53+/m0/s1. The molecule has 4 aliphatic carbocycles. The van der Waals surface area contributed by atoms with Gasteiger partial charge < -0.3 is 13.9 Å². The molecule has 58 heavy (non-hydrogen) atoms. The fraction of sp³-hybridized carbons (Fsp3) is 0.604. The fourth-order valence-corrected chi connectivity index (χ4v) is 18.0. The van der Waals surface area contributed by atoms with Gasteiger partial charge in [0.2, 0.25) is 0 Å². The summed E-state index contributed by atoms with van der Waals surface area (Å²) in [4.78, 5) is 13.3. The molecule has 0 aromatic heterocycles. The predicted molar refractivity (Wildman–Crippen MR) is 242 cm³/mol. The van der Waals surface area contributed by atoms with Crippen molar-refractivity contribution < 1.29 is 18.7 Å². The average molecular weight is 803 g/mol. The molecule has 7 rings (SSSR count). The summed E-state index contributed by atoms with van der Waals surface area (Å²) in [5, 5.41) is 2.74. The van der Waals surface area contributed by atoms with Crippen molar-refractivity contribution in [1.82, 2.24) is 0 Å². The monoisotopic (exact) mass is 803 g/mol. The van der Waals surface area contributed by atoms with Gasteiger partial charge in [0, 0.05) is 6.10 Å². The van der Waals surface area contributed by atoms with Gasteiger partial charge in [-0.2, -0.15) is 0 Å². The number of rotatable bonds is 15. The second kappa shape index (κ2) is 17.9. The maximum absolute atomic E-state index is 13.3. The molecule has 4 aliphatic rings. The number of benzene rings is 3. The molecule has 10 atom stereocenters. The van der Waals surface area contributed by atoms with Crippen LogP contribution in [0.4, 0.5) is 0 Å². The third-order valence-electron chi connectivity index (χ3n) is 16.2. The maximum atomic E-state index is 13.3. The van der Waals surface area contributed by atoms with Crippen molar-refractivity contribution in [1.29, 1.82) is 0 Å². The van der Waals surface area contributed by atoms with Gasteiger partial charge in [-0.15, -0.1) is 0 Å². The summed E-state index contributed by atoms with van der Waals surface area (Å²) < 4.78 is 20.3. The van der Waals surface area contributed by atoms with E-state index in [1.165, 1.54) is 54.5 Å². The summed E-state index contributed by atoms with van der Waals surface area (Å²) in [7, 11) is -2.62. The van der Waals surface area contributed by atoms with Crippen molar-refractivity contribution in [2.75, 3.05) is 6.61 Å². The Balaban J connectivity index is 1.11. The van der Waals surface area contributed by atoms with Crippen molar-refractivity contribution >= 4 is 24.7 Å². The van der Waals surface area contributed by atoms with E-state index >= 15 is 0 Å². The highest BCUT2D eigenvalue weighted by molar-refractivity contribution is 6.99. The Kier molecular flexibility index (Phi) is 13.3. The van der Waals surface area contributed by atoms with Crippen molar-refractivity contribution in [2.45, 2.75) is 150 Å². The highest BCUT2D eigenvalue weighted by Crippen LogP contribution is 2.67. The zero-order chi connectivity index (χ0) is 41.1. The van der Waals surface area contributed by atoms with Gasteiger partial charge >= 0.3 is 5.97 Å². The van der Waals surface area contributed by atoms with Crippen LogP contribution in [0.1, 0.15) is 132 Å². The first-order valence-electron chi connectivity index (χ1n) is 23.2. The molecule has 0 amide bonds. The molecular weight excluding hydrogens is 729 g/mol. The van der Waals surface area contributed by atoms with Crippen LogP contribution in [0.2, 0.25) is 5.04 Å². The van der Waals surface area contributed by atoms with Crippen LogP contribution in [0.5, 0.6) is 0 Å². The van der Waals surface area contributed by atoms with Gasteiger partial charge in [0.15, 0.2) is 0 Å². The number of fused-ring (bicyclic) bond motifs is 5. The van der Waals surface area contributed by atoms with Gasteiger partial charge in [0.05, 0.1) is 25.2 Å². The molecule has 5 heteroatoms. The Hall–Kier alpha value is -2.99. The highest BCUT2D eigenvalue weighted by atomic mass is 28.4. The van der Waals surface area contributed by atoms with Gasteiger partial charge in [0.1, 0.15) is 0 Å². The Morgan fingerprint density at radius 3 is 2.07 bits per heavy atom. The molecule has 0 aliphatic heterocycles. The molecule has 3 aromatic carbocycles. The zero-order valence-corrected chi connectivity index (χ0v) is 38.2. The van der Waals surface area contributed by atoms with E-state index in [-0.39, 0.29) is 40.0 Å². The lowest BCUT2D eigenvalue weighted by Gasteiger charge is -2.59. The van der Waals surface area contributed by atoms with E-state index in [4.69, 9.17) is 13.9 Å². The van der Waals surface area contributed by atoms with Crippen LogP contribution in [0.15, 0.2) is 103 Å². The van der Waals surface area contributed by atoms with Gasteiger partial charge in [-0.05, 0) is 133 Å². The van der Waals surface area contributed by atoms with E-state index in [9.17, 15) is 4.79 Å². The number of carbonyl (C=O) groups excluding carboxylic acids is 1. The molecule has 3 aromatic rings. The number of esters is 1. The largest absolute Gasteiger partial charge is 0.466 e. The lowest BCUT2D eigenvalue weighted by Crippen LogP contribution is -2.68. The second-order valence-electron chi connectivity index (χ2n) is 20.3. The quantitative estimate of drug-likeness (QED) is 0.0872. The summed E-state index contributed by atoms with van der Waals surface area (Å²) in [5.41, 5.74) is 3.41. The van der Waals surface area contributed by atoms with Crippen LogP contribution in [-0.4, -0.2) is 33.1 Å². The summed E-state index contributed by atoms with van der Waals surface area (Å²) in [5.74, 6) is 2.97. The van der Waals surface area contributed by atoms with E-state index < -0.39 is 8.32 Å². The molecule has 0 N–H and O–H groups in total. The molecule has 3 fully saturated rings. The third-order valence-corrected chi connectivity index (χ3v) is 21.3. The van der Waals surface area contributed by atoms with E-state index in [1.807, 2.05) is 6.92 Å². The van der Waals surface area contributed by atoms with Crippen LogP contribution in [0.3, 0.4) is 0 Å². The Labute approximate surface area is 353 Å². The minimum atomic E-state index is -2.62. The van der Waals surface area contributed by atoms with Gasteiger partial charge in [0.25, 0.3) is 8.32 Å². The third kappa shape index (κ3) is 8.23. The minimum Gasteiger partial charge on any atom is -0.466 e. The molecule has 0 radical (unpaired) electrons. The van der Waals surface area contributed by atoms with Crippen molar-refractivity contribution in [3.8, 4) is 0 Å². The van der Waals surface area contributed by atoms with Crippen molar-refractivity contribution in [2.24, 2.45) is 46.3 Å². The summed E-state index contributed by atoms with van der Waals surface area (Å²) in [6.45, 7) is 20.1. The predicted octanol–water partition coefficient (Wildman–Crippen LogP) is 12.1. The Morgan fingerprint density at radius 2 is 1.47 bits per heavy atom. The summed E-state index contributed by atoms with van der Waals surface area (Å²) in [6, 6.07) is 33.0. The van der Waals surface area contributed by atoms with E-state index in [2.05, 4.69) is 146 Å². The Morgan fingerprint density at radius 1 is 0.828 bits per heavy atom. The second-order valence-corrected chi connectivity index (χ2v) is 24.6. The number of carbonyl (C=O) groups is 1. The van der Waals surface area contributed by atoms with Crippen molar-refractivity contribution in [3.63, 3.8) is 0 Å². The first kappa shape index (κ1) is 43.1. The zero-order valence-electron chi connectivity index (χ0n) is 37.2. The lowest BCUT2D eigenvalue weighted by molar-refractivity contribution is -0.151. The Bertz CT molecular complexity index is 1780. The maximum Gasteiger partial charge on any atom is 0.309 e. The average Bonchev–Trinajstić information content (AvgIpc) is 3.58. The first-order chi connectivity index (χ1) is 27.9. The first-order valence-corrected chi connectivity index (χ1v) is 25.1. The molecular formula is C53H74O4Si. The molecule has 4 nitrogen and oxygen atoms in total. The smallest absolute Gasteiger partial charge is 0.309 e. The van der Waals surface area contributed by atoms with Crippen LogP contribution in [0.25, 0.3) is 0 Å². The topological polar surface area (TPSA) is 44.8 Å². The SMILES string of the molecule is CCC[C@@H](C[C@@H](OCc1ccccc1)[C@@H](C)[C@H]1CC[C@H]2[C@@H]3CC=C4C[C@@H](O[Si](c5ccccc5)(c5ccccc5)C(C)(C)C)CC[C@]4(C)[C@H]3CC[C@]12C)C(=O)OCC. The van der Waals surface area contributed by atoms with Crippen molar-refractivity contribution in [3.05, 3.63) is 108 Å². The molecule has 3 saturated carbocycles. The van der Waals surface area contributed by atoms with Gasteiger partial charge in [-0.3, -0.25) is 4.79 Å². The molecule has 0 spiro atoms. The lowest BCUT2D eigenvalue weighted by atomic mass is 9.47. The van der Waals surface area contributed by atoms with Gasteiger partial charge in [-0.1, -0.05) is 158 Å². The number of allylic oxidation sites excluding steroid dienone is 1. The van der Waals surface area contributed by atoms with Gasteiger partial charge in [-0.25, -0.2) is 0 Å². The normalized spacial score (nSPS) is 29.9. The summed E-state index contributed by atoms with van der Waals surface area (Å²) in [6.07, 6.45) is 15.3. The van der Waals surface area contributed by atoms with E-state index in [1.54, 1.807) is 5.57 Å². The van der Waals surface area contributed by atoms with E-state index in [0.29, 0.717) is 25.0 Å². The molecule has 0 saturated heterocycles. The molecule has 0 unspecified atom stereocenters. The molecule has 314 valence electrons. The number of hydrogen-bond acceptors (Lipinski definition) is 4. The van der Waals surface area contributed by atoms with Crippen LogP contribution < -0.4 is 10.4 Å². The summed E-state index contributed by atoms with van der Waals surface area (Å²) >= 11 is 0. The van der Waals surface area contributed by atoms with Crippen LogP contribution >= 0.6 is 0 Å². The minimum absolute atomic E-state index is 0.0145. The highest BCUT2D eigenvalue weighted by Gasteiger charge is 2.60. The van der Waals surface area contributed by atoms with Crippen LogP contribution in [-0.2, 0) is 25.3 Å².